The van der Waals surface area contributed by atoms with E-state index < -0.39 is 16.2 Å². The second kappa shape index (κ2) is 9.05. The summed E-state index contributed by atoms with van der Waals surface area (Å²) in [6, 6.07) is 9.61. The number of hydrogen-bond acceptors (Lipinski definition) is 3. The zero-order valence-corrected chi connectivity index (χ0v) is 19.8. The maximum Gasteiger partial charge on any atom is 0.231 e. The maximum absolute atomic E-state index is 12.8. The van der Waals surface area contributed by atoms with E-state index in [2.05, 4.69) is 10.3 Å². The van der Waals surface area contributed by atoms with E-state index in [0.29, 0.717) is 21.3 Å². The molecule has 0 aromatic heterocycles. The number of amides is 1. The van der Waals surface area contributed by atoms with E-state index in [0.717, 1.165) is 5.71 Å². The molecule has 2 aromatic rings. The predicted molar refractivity (Wildman–Crippen MR) is 125 cm³/mol. The first-order valence-corrected chi connectivity index (χ1v) is 10.8. The smallest absolute Gasteiger partial charge is 0.231 e. The molecule has 3 rings (SSSR count). The van der Waals surface area contributed by atoms with Gasteiger partial charge in [0.15, 0.2) is 5.78 Å². The van der Waals surface area contributed by atoms with Crippen LogP contribution in [0.3, 0.4) is 0 Å². The fourth-order valence-corrected chi connectivity index (χ4v) is 4.77. The van der Waals surface area contributed by atoms with Crippen LogP contribution < -0.4 is 5.32 Å². The summed E-state index contributed by atoms with van der Waals surface area (Å²) in [7, 11) is 0. The molecule has 1 aliphatic carbocycles. The van der Waals surface area contributed by atoms with E-state index in [1.807, 2.05) is 0 Å². The summed E-state index contributed by atoms with van der Waals surface area (Å²) >= 11 is 31.0. The van der Waals surface area contributed by atoms with Crippen LogP contribution in [0.2, 0.25) is 15.1 Å². The number of carbonyl (C=O) groups is 2. The van der Waals surface area contributed by atoms with Crippen molar-refractivity contribution in [3.8, 4) is 0 Å². The van der Waals surface area contributed by atoms with Crippen LogP contribution in [-0.4, -0.2) is 28.3 Å². The molecule has 0 spiro atoms. The fourth-order valence-electron chi connectivity index (χ4n) is 3.17. The number of ketones is 1. The zero-order chi connectivity index (χ0) is 22.2. The van der Waals surface area contributed by atoms with Crippen molar-refractivity contribution in [1.82, 2.24) is 0 Å². The van der Waals surface area contributed by atoms with Crippen molar-refractivity contribution in [2.24, 2.45) is 10.9 Å². The van der Waals surface area contributed by atoms with Gasteiger partial charge in [0, 0.05) is 32.9 Å². The van der Waals surface area contributed by atoms with E-state index >= 15 is 0 Å². The largest absolute Gasteiger partial charge is 0.326 e. The summed E-state index contributed by atoms with van der Waals surface area (Å²) in [6.07, 6.45) is 0. The summed E-state index contributed by atoms with van der Waals surface area (Å²) in [5, 5.41) is 3.90. The zero-order valence-electron chi connectivity index (χ0n) is 16.0. The van der Waals surface area contributed by atoms with E-state index in [1.54, 1.807) is 44.2 Å². The number of nitrogens with zero attached hydrogens (tertiary/aromatic N) is 1. The molecule has 4 nitrogen and oxygen atoms in total. The molecule has 2 unspecified atom stereocenters. The van der Waals surface area contributed by atoms with Crippen LogP contribution in [-0.2, 0) is 4.79 Å². The van der Waals surface area contributed by atoms with Crippen LogP contribution in [0.5, 0.6) is 0 Å². The van der Waals surface area contributed by atoms with E-state index in [9.17, 15) is 9.59 Å². The first kappa shape index (κ1) is 23.4. The molecule has 2 atom stereocenters. The Morgan fingerprint density at radius 3 is 2.27 bits per heavy atom. The van der Waals surface area contributed by atoms with Gasteiger partial charge in [0.2, 0.25) is 5.91 Å². The molecule has 0 heterocycles. The standard InChI is InChI=1S/C21H17Cl5N2O2/c1-10(2)27-9-17(29)15-8-14(3-4-16(15)24)28-20(30)19-18(21(19,25)26)11-5-12(22)7-13(23)6-11/h3-8,18-19H,9H2,1-2H3,(H,28,30). The van der Waals surface area contributed by atoms with Gasteiger partial charge in [0.1, 0.15) is 10.9 Å². The fraction of sp³-hybridized carbons (Fsp3) is 0.286. The van der Waals surface area contributed by atoms with Crippen molar-refractivity contribution in [2.45, 2.75) is 24.1 Å². The molecule has 1 N–H and O–H groups in total. The van der Waals surface area contributed by atoms with E-state index in [-0.39, 0.29) is 28.8 Å². The van der Waals surface area contributed by atoms with Crippen LogP contribution in [0, 0.1) is 5.92 Å². The highest BCUT2D eigenvalue weighted by molar-refractivity contribution is 6.53. The number of benzene rings is 2. The number of Topliss-reactive ketones (excluding diaryl/α,β-unsaturated/α-hetero) is 1. The number of nitrogens with one attached hydrogen (secondary N) is 1. The van der Waals surface area contributed by atoms with Gasteiger partial charge in [-0.2, -0.15) is 0 Å². The average molecular weight is 507 g/mol. The molecule has 0 radical (unpaired) electrons. The molecular formula is C21H17Cl5N2O2. The highest BCUT2D eigenvalue weighted by Crippen LogP contribution is 2.65. The molecule has 30 heavy (non-hydrogen) atoms. The van der Waals surface area contributed by atoms with Crippen molar-refractivity contribution >= 4 is 81.1 Å². The number of anilines is 1. The van der Waals surface area contributed by atoms with E-state index in [4.69, 9.17) is 58.0 Å². The predicted octanol–water partition coefficient (Wildman–Crippen LogP) is 6.84. The van der Waals surface area contributed by atoms with Crippen LogP contribution in [0.4, 0.5) is 5.69 Å². The molecule has 1 amide bonds. The van der Waals surface area contributed by atoms with Crippen LogP contribution in [0.25, 0.3) is 0 Å². The Kier molecular flexibility index (Phi) is 7.05. The lowest BCUT2D eigenvalue weighted by Gasteiger charge is -2.09. The second-order valence-corrected chi connectivity index (χ2v) is 9.93. The van der Waals surface area contributed by atoms with Gasteiger partial charge in [-0.1, -0.05) is 34.8 Å². The van der Waals surface area contributed by atoms with Crippen molar-refractivity contribution < 1.29 is 9.59 Å². The molecule has 9 heteroatoms. The summed E-state index contributed by atoms with van der Waals surface area (Å²) in [6.45, 7) is 3.58. The van der Waals surface area contributed by atoms with Crippen LogP contribution in [0.1, 0.15) is 35.7 Å². The van der Waals surface area contributed by atoms with Crippen molar-refractivity contribution in [3.63, 3.8) is 0 Å². The summed E-state index contributed by atoms with van der Waals surface area (Å²) in [5.74, 6) is -1.81. The van der Waals surface area contributed by atoms with E-state index in [1.165, 1.54) is 6.07 Å². The minimum Gasteiger partial charge on any atom is -0.326 e. The molecule has 1 fully saturated rings. The number of halogens is 5. The summed E-state index contributed by atoms with van der Waals surface area (Å²) in [5.41, 5.74) is 2.14. The number of alkyl halides is 2. The van der Waals surface area contributed by atoms with Crippen molar-refractivity contribution in [1.29, 1.82) is 0 Å². The third-order valence-electron chi connectivity index (χ3n) is 4.65. The normalized spacial score (nSPS) is 19.2. The van der Waals surface area contributed by atoms with Gasteiger partial charge >= 0.3 is 0 Å². The third kappa shape index (κ3) is 5.12. The Labute approximate surface area is 199 Å². The SMILES string of the molecule is CC(C)=NCC(=O)c1cc(NC(=O)C2C(c3cc(Cl)cc(Cl)c3)C2(Cl)Cl)ccc1Cl. The minimum absolute atomic E-state index is 0.0217. The Morgan fingerprint density at radius 2 is 1.67 bits per heavy atom. The van der Waals surface area contributed by atoms with Gasteiger partial charge in [0.25, 0.3) is 0 Å². The third-order valence-corrected chi connectivity index (χ3v) is 6.36. The number of rotatable bonds is 6. The maximum atomic E-state index is 12.8. The Morgan fingerprint density at radius 1 is 1.03 bits per heavy atom. The molecule has 0 aliphatic heterocycles. The Balaban J connectivity index is 1.78. The molecule has 1 saturated carbocycles. The van der Waals surface area contributed by atoms with Crippen LogP contribution in [0.15, 0.2) is 41.4 Å². The number of hydrogen-bond donors (Lipinski definition) is 1. The monoisotopic (exact) mass is 504 g/mol. The van der Waals surface area contributed by atoms with Gasteiger partial charge < -0.3 is 5.32 Å². The molecule has 0 bridgehead atoms. The summed E-state index contributed by atoms with van der Waals surface area (Å²) in [4.78, 5) is 29.3. The average Bonchev–Trinajstić information content (AvgIpc) is 3.22. The molecular weight excluding hydrogens is 490 g/mol. The van der Waals surface area contributed by atoms with Gasteiger partial charge in [-0.25, -0.2) is 0 Å². The van der Waals surface area contributed by atoms with Crippen molar-refractivity contribution in [2.75, 3.05) is 11.9 Å². The topological polar surface area (TPSA) is 58.5 Å². The Bertz CT molecular complexity index is 1030. The molecule has 2 aromatic carbocycles. The summed E-state index contributed by atoms with van der Waals surface area (Å²) < 4.78 is -1.30. The van der Waals surface area contributed by atoms with Crippen LogP contribution >= 0.6 is 58.0 Å². The Hall–Kier alpha value is -1.30. The van der Waals surface area contributed by atoms with Gasteiger partial charge in [-0.15, -0.1) is 23.2 Å². The van der Waals surface area contributed by atoms with Gasteiger partial charge in [0.05, 0.1) is 10.9 Å². The highest BCUT2D eigenvalue weighted by atomic mass is 35.5. The number of carbonyl (C=O) groups excluding carboxylic acids is 2. The van der Waals surface area contributed by atoms with Crippen molar-refractivity contribution in [3.05, 3.63) is 62.6 Å². The van der Waals surface area contributed by atoms with Gasteiger partial charge in [-0.05, 0) is 55.8 Å². The number of aliphatic imine (C=N–C) groups is 1. The minimum atomic E-state index is -1.30. The first-order chi connectivity index (χ1) is 14.0. The lowest BCUT2D eigenvalue weighted by molar-refractivity contribution is -0.117. The highest BCUT2D eigenvalue weighted by Gasteiger charge is 2.67. The lowest BCUT2D eigenvalue weighted by atomic mass is 10.1. The quantitative estimate of drug-likeness (QED) is 0.265. The van der Waals surface area contributed by atoms with Gasteiger partial charge in [-0.3, -0.25) is 14.6 Å². The molecule has 158 valence electrons. The molecule has 0 saturated heterocycles. The molecule has 1 aliphatic rings. The first-order valence-electron chi connectivity index (χ1n) is 8.95. The lowest BCUT2D eigenvalue weighted by Crippen LogP contribution is -2.17. The second-order valence-electron chi connectivity index (χ2n) is 7.20.